The van der Waals surface area contributed by atoms with E-state index in [0.29, 0.717) is 28.2 Å². The fourth-order valence-electron chi connectivity index (χ4n) is 4.21. The maximum atomic E-state index is 13.8. The number of nitrogens with one attached hydrogen (secondary N) is 1. The number of aromatic nitrogens is 1. The smallest absolute Gasteiger partial charge is 0.382 e. The zero-order chi connectivity index (χ0) is 28.1. The van der Waals surface area contributed by atoms with Gasteiger partial charge in [-0.05, 0) is 59.9 Å². The molecule has 7 nitrogen and oxygen atoms in total. The van der Waals surface area contributed by atoms with Gasteiger partial charge in [0, 0.05) is 11.8 Å². The zero-order valence-electron chi connectivity index (χ0n) is 20.5. The number of fused-ring (bicyclic) bond motifs is 1. The van der Waals surface area contributed by atoms with Crippen LogP contribution in [0.2, 0.25) is 0 Å². The standard InChI is InChI=1S/C27H20F4N4O3S/c1-12-3-4-15(9-13(12)2)17-10-20(27(29,30)31)33-26-21(17)22(23(39-26)24(32)36)34-25(37)19-11-18(35-38-19)14-5-7-16(28)8-6-14/h3-10,19H,11H2,1-2H3,(H2,32,36)(H,34,37). The Kier molecular flexibility index (Phi) is 6.59. The lowest BCUT2D eigenvalue weighted by Crippen LogP contribution is -2.29. The van der Waals surface area contributed by atoms with E-state index in [-0.39, 0.29) is 32.8 Å². The summed E-state index contributed by atoms with van der Waals surface area (Å²) in [4.78, 5) is 34.3. The molecule has 4 aromatic rings. The van der Waals surface area contributed by atoms with Gasteiger partial charge in [0.25, 0.3) is 11.8 Å². The van der Waals surface area contributed by atoms with Crippen molar-refractivity contribution in [1.29, 1.82) is 0 Å². The van der Waals surface area contributed by atoms with Gasteiger partial charge in [-0.15, -0.1) is 11.3 Å². The van der Waals surface area contributed by atoms with Crippen LogP contribution in [0, 0.1) is 19.7 Å². The molecule has 3 N–H and O–H groups in total. The maximum absolute atomic E-state index is 13.8. The van der Waals surface area contributed by atoms with Gasteiger partial charge in [0.1, 0.15) is 21.2 Å². The number of amides is 2. The molecule has 12 heteroatoms. The third-order valence-electron chi connectivity index (χ3n) is 6.38. The fraction of sp³-hybridized carbons (Fsp3) is 0.185. The zero-order valence-corrected chi connectivity index (χ0v) is 21.3. The molecule has 0 bridgehead atoms. The van der Waals surface area contributed by atoms with Gasteiger partial charge in [-0.1, -0.05) is 35.5 Å². The molecule has 1 aliphatic rings. The van der Waals surface area contributed by atoms with Crippen molar-refractivity contribution in [3.63, 3.8) is 0 Å². The van der Waals surface area contributed by atoms with Crippen molar-refractivity contribution in [3.8, 4) is 11.1 Å². The number of carbonyl (C=O) groups is 2. The minimum atomic E-state index is -4.76. The van der Waals surface area contributed by atoms with Crippen molar-refractivity contribution in [3.05, 3.63) is 81.6 Å². The highest BCUT2D eigenvalue weighted by Gasteiger charge is 2.36. The molecular formula is C27H20F4N4O3S. The molecule has 0 fully saturated rings. The second-order valence-electron chi connectivity index (χ2n) is 9.03. The summed E-state index contributed by atoms with van der Waals surface area (Å²) in [6, 6.07) is 11.5. The van der Waals surface area contributed by atoms with Crippen molar-refractivity contribution in [2.24, 2.45) is 10.9 Å². The first-order valence-electron chi connectivity index (χ1n) is 11.6. The van der Waals surface area contributed by atoms with E-state index in [9.17, 15) is 27.2 Å². The fourth-order valence-corrected chi connectivity index (χ4v) is 5.21. The third kappa shape index (κ3) is 5.07. The molecule has 1 unspecified atom stereocenters. The molecule has 0 aliphatic carbocycles. The van der Waals surface area contributed by atoms with E-state index in [4.69, 9.17) is 10.6 Å². The highest BCUT2D eigenvalue weighted by molar-refractivity contribution is 7.21. The molecule has 1 atom stereocenters. The average Bonchev–Trinajstić information content (AvgIpc) is 3.51. The van der Waals surface area contributed by atoms with Crippen LogP contribution in [-0.2, 0) is 15.8 Å². The molecular weight excluding hydrogens is 536 g/mol. The number of primary amides is 1. The monoisotopic (exact) mass is 556 g/mol. The Labute approximate surface area is 223 Å². The van der Waals surface area contributed by atoms with Crippen LogP contribution in [0.25, 0.3) is 21.3 Å². The Morgan fingerprint density at radius 3 is 2.38 bits per heavy atom. The van der Waals surface area contributed by atoms with Crippen LogP contribution in [0.5, 0.6) is 0 Å². The molecule has 2 aromatic carbocycles. The van der Waals surface area contributed by atoms with E-state index in [2.05, 4.69) is 15.5 Å². The van der Waals surface area contributed by atoms with E-state index in [1.807, 2.05) is 13.8 Å². The molecule has 2 amide bonds. The highest BCUT2D eigenvalue weighted by Crippen LogP contribution is 2.44. The van der Waals surface area contributed by atoms with Gasteiger partial charge in [-0.25, -0.2) is 9.37 Å². The predicted molar refractivity (Wildman–Crippen MR) is 139 cm³/mol. The van der Waals surface area contributed by atoms with Crippen molar-refractivity contribution < 1.29 is 32.0 Å². The molecule has 0 spiro atoms. The van der Waals surface area contributed by atoms with E-state index in [0.717, 1.165) is 17.2 Å². The summed E-state index contributed by atoms with van der Waals surface area (Å²) in [6.07, 6.45) is -5.81. The molecule has 39 heavy (non-hydrogen) atoms. The number of anilines is 1. The molecule has 0 saturated heterocycles. The number of aryl methyl sites for hydroxylation is 2. The van der Waals surface area contributed by atoms with Gasteiger partial charge >= 0.3 is 6.18 Å². The number of alkyl halides is 3. The molecule has 0 saturated carbocycles. The first-order chi connectivity index (χ1) is 18.4. The van der Waals surface area contributed by atoms with E-state index in [1.54, 1.807) is 18.2 Å². The number of nitrogens with zero attached hydrogens (tertiary/aromatic N) is 2. The first-order valence-corrected chi connectivity index (χ1v) is 12.5. The summed E-state index contributed by atoms with van der Waals surface area (Å²) < 4.78 is 54.6. The first kappa shape index (κ1) is 26.3. The minimum Gasteiger partial charge on any atom is -0.382 e. The van der Waals surface area contributed by atoms with Crippen molar-refractivity contribution in [1.82, 2.24) is 4.98 Å². The van der Waals surface area contributed by atoms with Crippen LogP contribution < -0.4 is 11.1 Å². The predicted octanol–water partition coefficient (Wildman–Crippen LogP) is 5.97. The maximum Gasteiger partial charge on any atom is 0.433 e. The summed E-state index contributed by atoms with van der Waals surface area (Å²) in [5.41, 5.74) is 7.68. The summed E-state index contributed by atoms with van der Waals surface area (Å²) in [7, 11) is 0. The Hall–Kier alpha value is -4.32. The average molecular weight is 557 g/mol. The number of rotatable bonds is 5. The van der Waals surface area contributed by atoms with E-state index < -0.39 is 35.6 Å². The van der Waals surface area contributed by atoms with E-state index >= 15 is 0 Å². The number of oxime groups is 1. The quantitative estimate of drug-likeness (QED) is 0.296. The lowest BCUT2D eigenvalue weighted by Gasteiger charge is -2.14. The minimum absolute atomic E-state index is 0.0475. The number of thiophene rings is 1. The molecule has 5 rings (SSSR count). The Morgan fingerprint density at radius 2 is 1.74 bits per heavy atom. The van der Waals surface area contributed by atoms with Crippen LogP contribution in [0.1, 0.15) is 38.5 Å². The lowest BCUT2D eigenvalue weighted by molar-refractivity contribution is -0.140. The highest BCUT2D eigenvalue weighted by atomic mass is 32.1. The number of hydrogen-bond donors (Lipinski definition) is 2. The lowest BCUT2D eigenvalue weighted by atomic mass is 9.97. The Morgan fingerprint density at radius 1 is 1.05 bits per heavy atom. The van der Waals surface area contributed by atoms with Crippen LogP contribution >= 0.6 is 11.3 Å². The SMILES string of the molecule is Cc1ccc(-c2cc(C(F)(F)F)nc3sc(C(N)=O)c(NC(=O)C4CC(c5ccc(F)cc5)=NO4)c23)cc1C. The number of carbonyl (C=O) groups excluding carboxylic acids is 2. The van der Waals surface area contributed by atoms with Crippen molar-refractivity contribution in [2.45, 2.75) is 32.5 Å². The van der Waals surface area contributed by atoms with Gasteiger partial charge in [0.05, 0.1) is 11.4 Å². The molecule has 2 aromatic heterocycles. The third-order valence-corrected chi connectivity index (χ3v) is 7.48. The summed E-state index contributed by atoms with van der Waals surface area (Å²) in [6.45, 7) is 3.69. The molecule has 200 valence electrons. The summed E-state index contributed by atoms with van der Waals surface area (Å²) in [5, 5.41) is 6.69. The second kappa shape index (κ2) is 9.77. The van der Waals surface area contributed by atoms with Gasteiger partial charge < -0.3 is 15.9 Å². The van der Waals surface area contributed by atoms with Crippen LogP contribution in [0.15, 0.2) is 53.7 Å². The normalized spacial score (nSPS) is 15.2. The Bertz CT molecular complexity index is 1660. The summed E-state index contributed by atoms with van der Waals surface area (Å²) in [5.74, 6) is -2.06. The molecule has 1 aliphatic heterocycles. The van der Waals surface area contributed by atoms with Gasteiger partial charge in [-0.3, -0.25) is 9.59 Å². The number of pyridine rings is 1. The van der Waals surface area contributed by atoms with Gasteiger partial charge in [-0.2, -0.15) is 13.2 Å². The topological polar surface area (TPSA) is 107 Å². The van der Waals surface area contributed by atoms with Gasteiger partial charge in [0.2, 0.25) is 6.10 Å². The summed E-state index contributed by atoms with van der Waals surface area (Å²) >= 11 is 0.656. The van der Waals surface area contributed by atoms with Crippen molar-refractivity contribution in [2.75, 3.05) is 5.32 Å². The van der Waals surface area contributed by atoms with Crippen LogP contribution in [0.3, 0.4) is 0 Å². The van der Waals surface area contributed by atoms with Gasteiger partial charge in [0.15, 0.2) is 0 Å². The van der Waals surface area contributed by atoms with Crippen LogP contribution in [0.4, 0.5) is 23.2 Å². The largest absolute Gasteiger partial charge is 0.433 e. The Balaban J connectivity index is 1.58. The molecule has 0 radical (unpaired) electrons. The number of hydrogen-bond acceptors (Lipinski definition) is 6. The number of halogens is 4. The number of nitrogens with two attached hydrogens (primary N) is 1. The number of benzene rings is 2. The second-order valence-corrected chi connectivity index (χ2v) is 10.0. The van der Waals surface area contributed by atoms with E-state index in [1.165, 1.54) is 24.3 Å². The van der Waals surface area contributed by atoms with Crippen molar-refractivity contribution >= 4 is 44.8 Å². The van der Waals surface area contributed by atoms with Crippen LogP contribution in [-0.4, -0.2) is 28.6 Å². The molecule has 3 heterocycles.